The SMILES string of the molecule is NC(=O)c1cc(-c2cc(N3C(=O)c4ccccc4C3=O)cnc2C(Cc2cc(F)cc(F)c2)NC(=O)Cn2nc(C(F)(F)F)c3c2C(F)(F)CCCC3)ccc1F. The smallest absolute Gasteiger partial charge is 0.366 e. The minimum Gasteiger partial charge on any atom is -0.366 e. The summed E-state index contributed by atoms with van der Waals surface area (Å²) < 4.78 is 117. The lowest BCUT2D eigenvalue weighted by atomic mass is 9.94. The molecular weight excluding hydrogens is 768 g/mol. The number of imide groups is 1. The lowest BCUT2D eigenvalue weighted by Crippen LogP contribution is -2.35. The Morgan fingerprint density at radius 1 is 0.895 bits per heavy atom. The van der Waals surface area contributed by atoms with Crippen molar-refractivity contribution in [2.45, 2.75) is 56.8 Å². The van der Waals surface area contributed by atoms with E-state index in [4.69, 9.17) is 5.73 Å². The topological polar surface area (TPSA) is 140 Å². The lowest BCUT2D eigenvalue weighted by molar-refractivity contribution is -0.142. The van der Waals surface area contributed by atoms with Crippen LogP contribution in [0.4, 0.5) is 40.8 Å². The van der Waals surface area contributed by atoms with E-state index in [1.807, 2.05) is 0 Å². The van der Waals surface area contributed by atoms with Gasteiger partial charge in [-0.15, -0.1) is 0 Å². The fraction of sp³-hybridized carbons (Fsp3) is 0.231. The number of amides is 4. The molecule has 5 aromatic rings. The van der Waals surface area contributed by atoms with Crippen molar-refractivity contribution in [1.82, 2.24) is 20.1 Å². The number of anilines is 1. The predicted molar refractivity (Wildman–Crippen MR) is 185 cm³/mol. The summed E-state index contributed by atoms with van der Waals surface area (Å²) in [4.78, 5) is 58.0. The van der Waals surface area contributed by atoms with Crippen molar-refractivity contribution in [3.05, 3.63) is 135 Å². The maximum Gasteiger partial charge on any atom is 0.435 e. The quantitative estimate of drug-likeness (QED) is 0.0919. The zero-order chi connectivity index (χ0) is 41.0. The first-order valence-electron chi connectivity index (χ1n) is 17.3. The van der Waals surface area contributed by atoms with Gasteiger partial charge in [0, 0.05) is 23.6 Å². The first kappa shape index (κ1) is 38.8. The second-order valence-electron chi connectivity index (χ2n) is 13.5. The molecule has 7 rings (SSSR count). The Morgan fingerprint density at radius 2 is 1.56 bits per heavy atom. The first-order chi connectivity index (χ1) is 26.9. The van der Waals surface area contributed by atoms with Crippen LogP contribution in [0.15, 0.2) is 72.9 Å². The number of rotatable bonds is 9. The molecule has 1 aliphatic carbocycles. The van der Waals surface area contributed by atoms with E-state index in [0.29, 0.717) is 6.07 Å². The van der Waals surface area contributed by atoms with Crippen LogP contribution in [0, 0.1) is 17.5 Å². The number of benzene rings is 3. The summed E-state index contributed by atoms with van der Waals surface area (Å²) in [6.45, 7) is -1.16. The van der Waals surface area contributed by atoms with Crippen molar-refractivity contribution in [2.75, 3.05) is 4.90 Å². The van der Waals surface area contributed by atoms with E-state index in [-0.39, 0.29) is 63.1 Å². The van der Waals surface area contributed by atoms with E-state index in [2.05, 4.69) is 15.4 Å². The molecule has 1 unspecified atom stereocenters. The van der Waals surface area contributed by atoms with Crippen LogP contribution in [-0.4, -0.2) is 38.4 Å². The van der Waals surface area contributed by atoms with E-state index >= 15 is 8.78 Å². The van der Waals surface area contributed by atoms with E-state index in [1.54, 1.807) is 12.1 Å². The standard InChI is InChI=1S/C39H28F8N6O4/c40-21-11-19(12-22(41)15-21)13-30(50-31(54)18-52-34-26(33(51-52)39(45,46)47)7-3-4-10-38(34,43)44)32-27(20-8-9-29(42)28(14-20)35(48)55)16-23(17-49-32)53-36(56)24-5-1-2-6-25(24)37(53)57/h1-2,5-6,8-9,11-12,14-17,30H,3-4,7,10,13,18H2,(H2,48,55)(H,50,54). The Hall–Kier alpha value is -6.46. The molecule has 4 amide bonds. The molecule has 0 saturated heterocycles. The van der Waals surface area contributed by atoms with Crippen molar-refractivity contribution >= 4 is 29.3 Å². The molecule has 2 aromatic heterocycles. The fourth-order valence-electron chi connectivity index (χ4n) is 7.21. The Morgan fingerprint density at radius 3 is 2.19 bits per heavy atom. The van der Waals surface area contributed by atoms with Crippen molar-refractivity contribution in [3.63, 3.8) is 0 Å². The van der Waals surface area contributed by atoms with Crippen LogP contribution >= 0.6 is 0 Å². The molecule has 0 saturated carbocycles. The maximum absolute atomic E-state index is 15.4. The third-order valence-corrected chi connectivity index (χ3v) is 9.65. The number of nitrogens with one attached hydrogen (secondary N) is 1. The van der Waals surface area contributed by atoms with E-state index in [0.717, 1.165) is 35.4 Å². The molecule has 3 N–H and O–H groups in total. The van der Waals surface area contributed by atoms with Gasteiger partial charge in [-0.1, -0.05) is 18.2 Å². The molecule has 0 bridgehead atoms. The summed E-state index contributed by atoms with van der Waals surface area (Å²) in [5.74, 6) is -10.7. The number of alkyl halides is 5. The van der Waals surface area contributed by atoms with Crippen LogP contribution in [0.25, 0.3) is 11.1 Å². The summed E-state index contributed by atoms with van der Waals surface area (Å²) in [6.07, 6.45) is -5.80. The van der Waals surface area contributed by atoms with E-state index in [1.165, 1.54) is 24.3 Å². The largest absolute Gasteiger partial charge is 0.435 e. The van der Waals surface area contributed by atoms with E-state index in [9.17, 15) is 45.5 Å². The van der Waals surface area contributed by atoms with Crippen molar-refractivity contribution in [3.8, 4) is 11.1 Å². The zero-order valence-corrected chi connectivity index (χ0v) is 29.3. The zero-order valence-electron chi connectivity index (χ0n) is 29.3. The monoisotopic (exact) mass is 796 g/mol. The van der Waals surface area contributed by atoms with Crippen molar-refractivity contribution < 1.29 is 54.3 Å². The summed E-state index contributed by atoms with van der Waals surface area (Å²) in [5, 5.41) is 5.90. The molecular formula is C39H28F8N6O4. The van der Waals surface area contributed by atoms with Crippen molar-refractivity contribution in [2.24, 2.45) is 5.73 Å². The number of pyridine rings is 1. The van der Waals surface area contributed by atoms with Gasteiger partial charge in [0.05, 0.1) is 40.3 Å². The highest BCUT2D eigenvalue weighted by Crippen LogP contribution is 2.44. The number of aromatic nitrogens is 3. The molecule has 294 valence electrons. The number of hydrogen-bond donors (Lipinski definition) is 2. The predicted octanol–water partition coefficient (Wildman–Crippen LogP) is 7.20. The highest BCUT2D eigenvalue weighted by atomic mass is 19.4. The van der Waals surface area contributed by atoms with Gasteiger partial charge < -0.3 is 11.1 Å². The number of halogens is 8. The number of nitrogens with two attached hydrogens (primary N) is 1. The van der Waals surface area contributed by atoms with Crippen LogP contribution in [0.3, 0.4) is 0 Å². The van der Waals surface area contributed by atoms with Gasteiger partial charge in [-0.05, 0) is 79.3 Å². The van der Waals surface area contributed by atoms with Gasteiger partial charge in [-0.2, -0.15) is 27.1 Å². The van der Waals surface area contributed by atoms with Crippen LogP contribution in [-0.2, 0) is 36.3 Å². The summed E-state index contributed by atoms with van der Waals surface area (Å²) in [5.41, 5.74) is 1.09. The van der Waals surface area contributed by atoms with Crippen molar-refractivity contribution in [1.29, 1.82) is 0 Å². The second-order valence-corrected chi connectivity index (χ2v) is 13.5. The molecule has 1 atom stereocenters. The molecule has 3 heterocycles. The molecule has 1 aliphatic heterocycles. The van der Waals surface area contributed by atoms with Gasteiger partial charge in [-0.3, -0.25) is 28.8 Å². The van der Waals surface area contributed by atoms with Gasteiger partial charge in [0.25, 0.3) is 23.6 Å². The summed E-state index contributed by atoms with van der Waals surface area (Å²) >= 11 is 0. The number of hydrogen-bond acceptors (Lipinski definition) is 6. The summed E-state index contributed by atoms with van der Waals surface area (Å²) in [7, 11) is 0. The molecule has 18 heteroatoms. The molecule has 0 fully saturated rings. The van der Waals surface area contributed by atoms with E-state index < -0.39 is 101 Å². The molecule has 3 aromatic carbocycles. The highest BCUT2D eigenvalue weighted by molar-refractivity contribution is 6.34. The van der Waals surface area contributed by atoms with Crippen LogP contribution in [0.1, 0.15) is 84.6 Å². The Bertz CT molecular complexity index is 2430. The lowest BCUT2D eigenvalue weighted by Gasteiger charge is -2.24. The molecule has 2 aliphatic rings. The third kappa shape index (κ3) is 7.46. The minimum atomic E-state index is -5.13. The van der Waals surface area contributed by atoms with Crippen LogP contribution in [0.2, 0.25) is 0 Å². The normalized spacial score (nSPS) is 15.5. The highest BCUT2D eigenvalue weighted by Gasteiger charge is 2.47. The van der Waals surface area contributed by atoms with Gasteiger partial charge >= 0.3 is 6.18 Å². The number of fused-ring (bicyclic) bond motifs is 2. The number of carbonyl (C=O) groups is 4. The van der Waals surface area contributed by atoms with Gasteiger partial charge in [0.1, 0.15) is 29.7 Å². The summed E-state index contributed by atoms with van der Waals surface area (Å²) in [6, 6.07) is 11.2. The first-order valence-corrected chi connectivity index (χ1v) is 17.3. The number of carbonyl (C=O) groups excluding carboxylic acids is 4. The Labute approximate surface area is 317 Å². The fourth-order valence-corrected chi connectivity index (χ4v) is 7.21. The molecule has 0 radical (unpaired) electrons. The van der Waals surface area contributed by atoms with Gasteiger partial charge in [0.15, 0.2) is 5.69 Å². The molecule has 0 spiro atoms. The van der Waals surface area contributed by atoms with Gasteiger partial charge in [0.2, 0.25) is 5.91 Å². The Balaban J connectivity index is 1.36. The Kier molecular flexibility index (Phi) is 9.91. The number of primary amides is 1. The third-order valence-electron chi connectivity index (χ3n) is 9.65. The van der Waals surface area contributed by atoms with Gasteiger partial charge in [-0.25, -0.2) is 18.1 Å². The van der Waals surface area contributed by atoms with Crippen LogP contribution in [0.5, 0.6) is 0 Å². The average Bonchev–Trinajstić information content (AvgIpc) is 3.57. The molecule has 57 heavy (non-hydrogen) atoms. The maximum atomic E-state index is 15.4. The molecule has 10 nitrogen and oxygen atoms in total. The number of nitrogens with zero attached hydrogens (tertiary/aromatic N) is 4. The minimum absolute atomic E-state index is 0.0114. The average molecular weight is 797 g/mol. The second kappa shape index (κ2) is 14.6. The van der Waals surface area contributed by atoms with Crippen LogP contribution < -0.4 is 16.0 Å².